The van der Waals surface area contributed by atoms with E-state index in [-0.39, 0.29) is 24.1 Å². The second-order valence-corrected chi connectivity index (χ2v) is 8.89. The van der Waals surface area contributed by atoms with Crippen molar-refractivity contribution in [2.75, 3.05) is 24.5 Å². The lowest BCUT2D eigenvalue weighted by molar-refractivity contribution is -0.120. The zero-order chi connectivity index (χ0) is 21.5. The average Bonchev–Trinajstić information content (AvgIpc) is 3.11. The van der Waals surface area contributed by atoms with E-state index in [9.17, 15) is 14.4 Å². The molecule has 0 aliphatic carbocycles. The maximum absolute atomic E-state index is 12.3. The van der Waals surface area contributed by atoms with Crippen molar-refractivity contribution in [1.82, 2.24) is 14.8 Å². The van der Waals surface area contributed by atoms with Crippen molar-refractivity contribution in [1.29, 1.82) is 0 Å². The third kappa shape index (κ3) is 3.99. The summed E-state index contributed by atoms with van der Waals surface area (Å²) in [5, 5.41) is 3.37. The summed E-state index contributed by atoms with van der Waals surface area (Å²) in [6.07, 6.45) is 3.77. The number of anilines is 1. The molecule has 2 fully saturated rings. The van der Waals surface area contributed by atoms with Gasteiger partial charge in [-0.1, -0.05) is 6.07 Å². The van der Waals surface area contributed by atoms with Crippen LogP contribution in [0.3, 0.4) is 0 Å². The van der Waals surface area contributed by atoms with Crippen LogP contribution in [0.25, 0.3) is 10.9 Å². The maximum atomic E-state index is 12.3. The van der Waals surface area contributed by atoms with Gasteiger partial charge in [0.05, 0.1) is 11.2 Å². The number of fused-ring (bicyclic) bond motifs is 1. The molecule has 1 aromatic heterocycles. The lowest BCUT2D eigenvalue weighted by Crippen LogP contribution is -2.49. The van der Waals surface area contributed by atoms with E-state index in [1.165, 1.54) is 0 Å². The van der Waals surface area contributed by atoms with Gasteiger partial charge in [-0.3, -0.25) is 15.0 Å². The van der Waals surface area contributed by atoms with Crippen molar-refractivity contribution in [3.8, 4) is 0 Å². The van der Waals surface area contributed by atoms with Gasteiger partial charge in [0, 0.05) is 43.7 Å². The molecule has 1 N–H and O–H groups in total. The third-order valence-corrected chi connectivity index (χ3v) is 5.59. The molecule has 0 bridgehead atoms. The highest BCUT2D eigenvalue weighted by molar-refractivity contribution is 6.09. The normalized spacial score (nSPS) is 18.6. The minimum Gasteiger partial charge on any atom is -0.444 e. The second kappa shape index (κ2) is 7.66. The SMILES string of the molecule is CC(C)(C)OC(=O)N1CCC(n2ccc3c(N4CCC(=O)NC4=O)cccc32)CC1. The van der Waals surface area contributed by atoms with E-state index in [2.05, 4.69) is 16.1 Å². The van der Waals surface area contributed by atoms with Gasteiger partial charge in [-0.25, -0.2) is 9.59 Å². The number of hydrogen-bond acceptors (Lipinski definition) is 4. The number of nitrogens with one attached hydrogen (secondary N) is 1. The Bertz CT molecular complexity index is 983. The quantitative estimate of drug-likeness (QED) is 0.816. The van der Waals surface area contributed by atoms with Crippen LogP contribution >= 0.6 is 0 Å². The number of hydrogen-bond donors (Lipinski definition) is 1. The summed E-state index contributed by atoms with van der Waals surface area (Å²) in [4.78, 5) is 39.5. The van der Waals surface area contributed by atoms with Crippen molar-refractivity contribution >= 4 is 34.6 Å². The number of benzene rings is 1. The Balaban J connectivity index is 1.51. The Morgan fingerprint density at radius 1 is 1.10 bits per heavy atom. The third-order valence-electron chi connectivity index (χ3n) is 5.59. The van der Waals surface area contributed by atoms with Crippen LogP contribution in [-0.4, -0.2) is 52.7 Å². The van der Waals surface area contributed by atoms with Crippen LogP contribution < -0.4 is 10.2 Å². The van der Waals surface area contributed by atoms with E-state index >= 15 is 0 Å². The first-order valence-electron chi connectivity index (χ1n) is 10.4. The van der Waals surface area contributed by atoms with Gasteiger partial charge in [0.1, 0.15) is 5.60 Å². The topological polar surface area (TPSA) is 83.9 Å². The number of carbonyl (C=O) groups excluding carboxylic acids is 3. The van der Waals surface area contributed by atoms with E-state index in [0.29, 0.717) is 26.1 Å². The van der Waals surface area contributed by atoms with Gasteiger partial charge in [-0.15, -0.1) is 0 Å². The molecule has 2 aliphatic heterocycles. The molecular weight excluding hydrogens is 384 g/mol. The number of urea groups is 1. The number of nitrogens with zero attached hydrogens (tertiary/aromatic N) is 3. The Labute approximate surface area is 175 Å². The Morgan fingerprint density at radius 2 is 1.83 bits per heavy atom. The van der Waals surface area contributed by atoms with Crippen molar-refractivity contribution in [2.24, 2.45) is 0 Å². The molecule has 0 radical (unpaired) electrons. The van der Waals surface area contributed by atoms with E-state index in [1.807, 2.05) is 45.0 Å². The fraction of sp³-hybridized carbons (Fsp3) is 0.500. The zero-order valence-electron chi connectivity index (χ0n) is 17.7. The highest BCUT2D eigenvalue weighted by Gasteiger charge is 2.29. The lowest BCUT2D eigenvalue weighted by Gasteiger charge is -2.34. The molecule has 2 saturated heterocycles. The van der Waals surface area contributed by atoms with Crippen LogP contribution in [0.15, 0.2) is 30.5 Å². The van der Waals surface area contributed by atoms with Gasteiger partial charge in [-0.05, 0) is 51.8 Å². The summed E-state index contributed by atoms with van der Waals surface area (Å²) >= 11 is 0. The molecule has 2 aliphatic rings. The smallest absolute Gasteiger partial charge is 0.410 e. The van der Waals surface area contributed by atoms with Crippen LogP contribution in [0.5, 0.6) is 0 Å². The van der Waals surface area contributed by atoms with Gasteiger partial charge < -0.3 is 14.2 Å². The van der Waals surface area contributed by atoms with Gasteiger partial charge in [0.2, 0.25) is 5.91 Å². The van der Waals surface area contributed by atoms with Crippen LogP contribution in [0.2, 0.25) is 0 Å². The Hall–Kier alpha value is -3.03. The van der Waals surface area contributed by atoms with Gasteiger partial charge in [-0.2, -0.15) is 0 Å². The molecule has 2 aromatic rings. The molecule has 4 rings (SSSR count). The van der Waals surface area contributed by atoms with E-state index in [4.69, 9.17) is 4.74 Å². The second-order valence-electron chi connectivity index (χ2n) is 8.89. The van der Waals surface area contributed by atoms with Crippen molar-refractivity contribution in [3.05, 3.63) is 30.5 Å². The highest BCUT2D eigenvalue weighted by Crippen LogP contribution is 2.33. The molecule has 0 unspecified atom stereocenters. The molecule has 4 amide bonds. The van der Waals surface area contributed by atoms with Crippen LogP contribution in [0.1, 0.15) is 46.1 Å². The molecule has 1 aromatic carbocycles. The van der Waals surface area contributed by atoms with Gasteiger partial charge in [0.25, 0.3) is 0 Å². The Morgan fingerprint density at radius 3 is 2.50 bits per heavy atom. The van der Waals surface area contributed by atoms with E-state index in [0.717, 1.165) is 29.4 Å². The molecule has 3 heterocycles. The highest BCUT2D eigenvalue weighted by atomic mass is 16.6. The van der Waals surface area contributed by atoms with Gasteiger partial charge >= 0.3 is 12.1 Å². The number of rotatable bonds is 2. The number of likely N-dealkylation sites (tertiary alicyclic amines) is 1. The van der Waals surface area contributed by atoms with Crippen molar-refractivity contribution in [2.45, 2.75) is 51.7 Å². The van der Waals surface area contributed by atoms with Crippen LogP contribution in [0.4, 0.5) is 15.3 Å². The number of ether oxygens (including phenoxy) is 1. The number of carbonyl (C=O) groups is 3. The fourth-order valence-corrected chi connectivity index (χ4v) is 4.17. The monoisotopic (exact) mass is 412 g/mol. The zero-order valence-corrected chi connectivity index (χ0v) is 17.7. The molecule has 0 spiro atoms. The van der Waals surface area contributed by atoms with E-state index in [1.54, 1.807) is 9.80 Å². The molecule has 30 heavy (non-hydrogen) atoms. The number of imide groups is 1. The number of amides is 4. The lowest BCUT2D eigenvalue weighted by atomic mass is 10.0. The van der Waals surface area contributed by atoms with Crippen LogP contribution in [0, 0.1) is 0 Å². The molecule has 0 atom stereocenters. The molecule has 8 heteroatoms. The summed E-state index contributed by atoms with van der Waals surface area (Å²) in [6.45, 7) is 7.30. The molecular formula is C22H28N4O4. The largest absolute Gasteiger partial charge is 0.444 e. The average molecular weight is 412 g/mol. The van der Waals surface area contributed by atoms with E-state index < -0.39 is 5.60 Å². The predicted molar refractivity (Wildman–Crippen MR) is 114 cm³/mol. The minimum absolute atomic E-state index is 0.238. The first-order chi connectivity index (χ1) is 14.2. The number of aromatic nitrogens is 1. The minimum atomic E-state index is -0.494. The van der Waals surface area contributed by atoms with Crippen molar-refractivity contribution in [3.63, 3.8) is 0 Å². The fourth-order valence-electron chi connectivity index (χ4n) is 4.17. The standard InChI is InChI=1S/C22H28N4O4/c1-22(2,3)30-21(29)24-11-7-15(8-12-24)25-13-9-16-17(25)5-4-6-18(16)26-14-10-19(27)23-20(26)28/h4-6,9,13,15H,7-8,10-12,14H2,1-3H3,(H,23,27,28). The molecule has 160 valence electrons. The molecule has 8 nitrogen and oxygen atoms in total. The first-order valence-corrected chi connectivity index (χ1v) is 10.4. The van der Waals surface area contributed by atoms with Crippen molar-refractivity contribution < 1.29 is 19.1 Å². The summed E-state index contributed by atoms with van der Waals surface area (Å²) in [6, 6.07) is 7.81. The predicted octanol–water partition coefficient (Wildman–Crippen LogP) is 3.66. The summed E-state index contributed by atoms with van der Waals surface area (Å²) < 4.78 is 7.72. The molecule has 0 saturated carbocycles. The first kappa shape index (κ1) is 20.3. The maximum Gasteiger partial charge on any atom is 0.410 e. The van der Waals surface area contributed by atoms with Crippen LogP contribution in [-0.2, 0) is 9.53 Å². The number of piperidine rings is 1. The summed E-state index contributed by atoms with van der Waals surface area (Å²) in [5.74, 6) is -0.238. The summed E-state index contributed by atoms with van der Waals surface area (Å²) in [5.41, 5.74) is 1.36. The Kier molecular flexibility index (Phi) is 5.17. The van der Waals surface area contributed by atoms with Gasteiger partial charge in [0.15, 0.2) is 0 Å². The summed E-state index contributed by atoms with van der Waals surface area (Å²) in [7, 11) is 0.